The largest absolute Gasteiger partial charge is 0.489 e. The van der Waals surface area contributed by atoms with Crippen molar-refractivity contribution in [1.82, 2.24) is 4.98 Å². The maximum Gasteiger partial charge on any atom is 0.142 e. The molecular weight excluding hydrogens is 406 g/mol. The van der Waals surface area contributed by atoms with Crippen molar-refractivity contribution in [3.05, 3.63) is 113 Å². The summed E-state index contributed by atoms with van der Waals surface area (Å²) in [6.45, 7) is 0.514. The average molecular weight is 432 g/mol. The van der Waals surface area contributed by atoms with E-state index in [0.29, 0.717) is 23.9 Å². The molecule has 1 atom stereocenters. The minimum Gasteiger partial charge on any atom is -0.489 e. The number of fused-ring (bicyclic) bond motifs is 1. The summed E-state index contributed by atoms with van der Waals surface area (Å²) in [4.78, 5) is 4.61. The maximum absolute atomic E-state index is 9.92. The van der Waals surface area contributed by atoms with E-state index in [1.807, 2.05) is 60.7 Å². The molecule has 162 valence electrons. The topological polar surface area (TPSA) is 71.9 Å². The number of aryl methyl sites for hydroxylation is 1. The van der Waals surface area contributed by atoms with Gasteiger partial charge < -0.3 is 10.5 Å². The van der Waals surface area contributed by atoms with Crippen molar-refractivity contribution < 1.29 is 4.74 Å². The van der Waals surface area contributed by atoms with Crippen LogP contribution in [-0.4, -0.2) is 4.98 Å². The highest BCUT2D eigenvalue weighted by Crippen LogP contribution is 2.40. The highest BCUT2D eigenvalue weighted by Gasteiger charge is 2.27. The Balaban J connectivity index is 1.47. The smallest absolute Gasteiger partial charge is 0.142 e. The molecule has 1 heterocycles. The van der Waals surface area contributed by atoms with E-state index in [9.17, 15) is 5.26 Å². The van der Waals surface area contributed by atoms with Crippen molar-refractivity contribution in [2.24, 2.45) is 0 Å². The molecule has 1 aliphatic carbocycles. The molecule has 0 saturated heterocycles. The van der Waals surface area contributed by atoms with Crippen molar-refractivity contribution >= 4 is 5.82 Å². The van der Waals surface area contributed by atoms with Crippen LogP contribution in [0.3, 0.4) is 0 Å². The van der Waals surface area contributed by atoms with Gasteiger partial charge in [-0.2, -0.15) is 5.26 Å². The van der Waals surface area contributed by atoms with E-state index in [2.05, 4.69) is 35.3 Å². The first-order valence-corrected chi connectivity index (χ1v) is 11.3. The second kappa shape index (κ2) is 9.18. The van der Waals surface area contributed by atoms with Crippen LogP contribution in [0.25, 0.3) is 11.1 Å². The van der Waals surface area contributed by atoms with Gasteiger partial charge in [-0.25, -0.2) is 4.98 Å². The van der Waals surface area contributed by atoms with Crippen LogP contribution in [0.1, 0.15) is 40.3 Å². The van der Waals surface area contributed by atoms with Gasteiger partial charge in [0.25, 0.3) is 0 Å². The molecule has 4 nitrogen and oxygen atoms in total. The Morgan fingerprint density at radius 3 is 2.33 bits per heavy atom. The third kappa shape index (κ3) is 4.31. The molecule has 0 fully saturated rings. The molecule has 0 radical (unpaired) electrons. The third-order valence-electron chi connectivity index (χ3n) is 6.37. The van der Waals surface area contributed by atoms with E-state index in [1.165, 1.54) is 5.56 Å². The Morgan fingerprint density at radius 2 is 1.64 bits per heavy atom. The van der Waals surface area contributed by atoms with Crippen LogP contribution < -0.4 is 10.5 Å². The van der Waals surface area contributed by atoms with E-state index in [4.69, 9.17) is 10.5 Å². The number of rotatable bonds is 5. The van der Waals surface area contributed by atoms with E-state index in [0.717, 1.165) is 53.0 Å². The Hall–Kier alpha value is -4.10. The lowest BCUT2D eigenvalue weighted by molar-refractivity contribution is 0.306. The Labute approximate surface area is 194 Å². The van der Waals surface area contributed by atoms with Crippen LogP contribution in [0.15, 0.2) is 84.9 Å². The number of nitrogens with zero attached hydrogens (tertiary/aromatic N) is 2. The summed E-state index contributed by atoms with van der Waals surface area (Å²) in [6, 6.07) is 30.9. The molecular formula is C29H25N3O. The standard InChI is InChI=1S/C29H25N3O/c30-18-26-28(22-11-14-24(15-12-22)33-19-20-7-3-1-4-8-20)25-17-23(21-9-5-2-6-10-21)13-16-27(25)32-29(26)31/h1-12,14-15,23H,13,16-17,19H2,(H2,31,32). The zero-order chi connectivity index (χ0) is 22.6. The van der Waals surface area contributed by atoms with Gasteiger partial charge in [0.05, 0.1) is 0 Å². The second-order valence-electron chi connectivity index (χ2n) is 8.43. The molecule has 3 aromatic carbocycles. The second-order valence-corrected chi connectivity index (χ2v) is 8.43. The van der Waals surface area contributed by atoms with Crippen molar-refractivity contribution in [3.63, 3.8) is 0 Å². The van der Waals surface area contributed by atoms with Crippen LogP contribution in [0.4, 0.5) is 5.82 Å². The van der Waals surface area contributed by atoms with E-state index >= 15 is 0 Å². The first-order chi connectivity index (χ1) is 16.2. The summed E-state index contributed by atoms with van der Waals surface area (Å²) in [5.74, 6) is 1.51. The summed E-state index contributed by atoms with van der Waals surface area (Å²) in [5.41, 5.74) is 13.2. The SMILES string of the molecule is N#Cc1c(N)nc2c(c1-c1ccc(OCc3ccccc3)cc1)CC(c1ccccc1)CC2. The lowest BCUT2D eigenvalue weighted by atomic mass is 9.78. The Morgan fingerprint density at radius 1 is 0.939 bits per heavy atom. The molecule has 0 amide bonds. The van der Waals surface area contributed by atoms with Crippen LogP contribution in [0.2, 0.25) is 0 Å². The maximum atomic E-state index is 9.92. The molecule has 0 saturated carbocycles. The molecule has 0 aliphatic heterocycles. The predicted octanol–water partition coefficient (Wildman–Crippen LogP) is 6.05. The lowest BCUT2D eigenvalue weighted by Gasteiger charge is -2.27. The summed E-state index contributed by atoms with van der Waals surface area (Å²) >= 11 is 0. The number of hydrogen-bond donors (Lipinski definition) is 1. The monoisotopic (exact) mass is 431 g/mol. The van der Waals surface area contributed by atoms with Gasteiger partial charge in [-0.15, -0.1) is 0 Å². The molecule has 1 unspecified atom stereocenters. The van der Waals surface area contributed by atoms with Gasteiger partial charge in [-0.05, 0) is 59.6 Å². The number of nitrogens with two attached hydrogens (primary N) is 1. The number of nitrogen functional groups attached to an aromatic ring is 1. The average Bonchev–Trinajstić information content (AvgIpc) is 2.88. The fourth-order valence-electron chi connectivity index (χ4n) is 4.68. The zero-order valence-corrected chi connectivity index (χ0v) is 18.4. The molecule has 5 rings (SSSR count). The van der Waals surface area contributed by atoms with E-state index in [-0.39, 0.29) is 0 Å². The normalized spacial score (nSPS) is 14.8. The zero-order valence-electron chi connectivity index (χ0n) is 18.4. The highest BCUT2D eigenvalue weighted by molar-refractivity contribution is 5.79. The van der Waals surface area contributed by atoms with Gasteiger partial charge in [0, 0.05) is 11.3 Å². The molecule has 4 heteroatoms. The number of anilines is 1. The summed E-state index contributed by atoms with van der Waals surface area (Å²) in [7, 11) is 0. The quantitative estimate of drug-likeness (QED) is 0.417. The fraction of sp³-hybridized carbons (Fsp3) is 0.172. The number of benzene rings is 3. The Kier molecular flexibility index (Phi) is 5.78. The van der Waals surface area contributed by atoms with Crippen molar-refractivity contribution in [1.29, 1.82) is 5.26 Å². The first kappa shape index (κ1) is 20.8. The van der Waals surface area contributed by atoms with E-state index in [1.54, 1.807) is 0 Å². The van der Waals surface area contributed by atoms with E-state index < -0.39 is 0 Å². The number of pyridine rings is 1. The number of nitriles is 1. The van der Waals surface area contributed by atoms with Gasteiger partial charge in [0.1, 0.15) is 29.8 Å². The van der Waals surface area contributed by atoms with Gasteiger partial charge >= 0.3 is 0 Å². The van der Waals surface area contributed by atoms with Crippen LogP contribution in [0.5, 0.6) is 5.75 Å². The van der Waals surface area contributed by atoms with Gasteiger partial charge in [-0.1, -0.05) is 72.8 Å². The summed E-state index contributed by atoms with van der Waals surface area (Å²) in [6.07, 6.45) is 2.74. The van der Waals surface area contributed by atoms with Crippen LogP contribution in [-0.2, 0) is 19.4 Å². The molecule has 4 aromatic rings. The van der Waals surface area contributed by atoms with Crippen molar-refractivity contribution in [2.45, 2.75) is 31.8 Å². The molecule has 0 bridgehead atoms. The molecule has 1 aromatic heterocycles. The Bertz CT molecular complexity index is 1290. The lowest BCUT2D eigenvalue weighted by Crippen LogP contribution is -2.17. The van der Waals surface area contributed by atoms with Crippen molar-refractivity contribution in [3.8, 4) is 22.9 Å². The molecule has 33 heavy (non-hydrogen) atoms. The number of ether oxygens (including phenoxy) is 1. The van der Waals surface area contributed by atoms with Crippen LogP contribution in [0, 0.1) is 11.3 Å². The van der Waals surface area contributed by atoms with Gasteiger partial charge in [-0.3, -0.25) is 0 Å². The number of aromatic nitrogens is 1. The number of hydrogen-bond acceptors (Lipinski definition) is 4. The minimum absolute atomic E-state index is 0.314. The first-order valence-electron chi connectivity index (χ1n) is 11.3. The van der Waals surface area contributed by atoms with Gasteiger partial charge in [0.2, 0.25) is 0 Å². The molecule has 0 spiro atoms. The summed E-state index contributed by atoms with van der Waals surface area (Å²) in [5, 5.41) is 9.92. The summed E-state index contributed by atoms with van der Waals surface area (Å²) < 4.78 is 5.95. The van der Waals surface area contributed by atoms with Crippen molar-refractivity contribution in [2.75, 3.05) is 5.73 Å². The molecule has 1 aliphatic rings. The van der Waals surface area contributed by atoms with Gasteiger partial charge in [0.15, 0.2) is 0 Å². The molecule has 2 N–H and O–H groups in total. The third-order valence-corrected chi connectivity index (χ3v) is 6.37. The fourth-order valence-corrected chi connectivity index (χ4v) is 4.68. The predicted molar refractivity (Wildman–Crippen MR) is 131 cm³/mol. The highest BCUT2D eigenvalue weighted by atomic mass is 16.5. The van der Waals surface area contributed by atoms with Crippen LogP contribution >= 0.6 is 0 Å². The minimum atomic E-state index is 0.314.